The van der Waals surface area contributed by atoms with Gasteiger partial charge in [0.25, 0.3) is 0 Å². The minimum atomic E-state index is -4.95. The highest BCUT2D eigenvalue weighted by molar-refractivity contribution is 7.47. The number of ether oxygens (including phenoxy) is 4. The zero-order valence-electron chi connectivity index (χ0n) is 55.9. The van der Waals surface area contributed by atoms with Gasteiger partial charge >= 0.3 is 39.5 Å². The quantitative estimate of drug-likeness (QED) is 0.0222. The minimum absolute atomic E-state index is 0.104. The van der Waals surface area contributed by atoms with Crippen molar-refractivity contribution >= 4 is 39.5 Å². The maximum atomic E-state index is 13.0. The molecule has 0 aliphatic rings. The highest BCUT2D eigenvalue weighted by atomic mass is 31.2. The lowest BCUT2D eigenvalue weighted by Crippen LogP contribution is -2.30. The van der Waals surface area contributed by atoms with Gasteiger partial charge in [0.1, 0.15) is 19.3 Å². The molecule has 0 rings (SSSR count). The van der Waals surface area contributed by atoms with Crippen molar-refractivity contribution in [3.05, 3.63) is 0 Å². The van der Waals surface area contributed by atoms with Crippen LogP contribution in [0.25, 0.3) is 0 Å². The summed E-state index contributed by atoms with van der Waals surface area (Å²) in [5, 5.41) is 10.6. The van der Waals surface area contributed by atoms with Crippen molar-refractivity contribution in [1.29, 1.82) is 0 Å². The normalized spacial score (nSPS) is 14.4. The van der Waals surface area contributed by atoms with E-state index in [1.807, 2.05) is 0 Å². The molecule has 0 aliphatic heterocycles. The van der Waals surface area contributed by atoms with Crippen LogP contribution in [0.3, 0.4) is 0 Å². The molecule has 0 aromatic heterocycles. The molecule has 0 spiro atoms. The van der Waals surface area contributed by atoms with E-state index >= 15 is 0 Å². The summed E-state index contributed by atoms with van der Waals surface area (Å²) in [6, 6.07) is 0. The lowest BCUT2D eigenvalue weighted by Gasteiger charge is -2.21. The van der Waals surface area contributed by atoms with Crippen molar-refractivity contribution in [3.63, 3.8) is 0 Å². The monoisotopic (exact) mass is 1270 g/mol. The average molecular weight is 1270 g/mol. The standard InChI is InChI=1S/C67H130O17P2/c1-57(2)43-35-27-19-14-11-9-10-12-16-22-33-41-49-66(71)83-62(53-77-64(69)47-39-31-24-18-21-29-37-45-59(5)6)55-81-85(73,74)79-51-61(68)52-80-86(75,76)82-56-63(54-78-65(70)48-40-32-26-25-30-38-46-60(7)8)84-67(72)50-42-34-23-17-13-15-20-28-36-44-58(3)4/h57-63,68H,9-56H2,1-8H3,(H,73,74)(H,75,76)/t61?,62-,63-/m1/s1. The first-order valence-corrected chi connectivity index (χ1v) is 37.7. The summed E-state index contributed by atoms with van der Waals surface area (Å²) in [4.78, 5) is 72.3. The molecule has 0 radical (unpaired) electrons. The van der Waals surface area contributed by atoms with Gasteiger partial charge in [-0.25, -0.2) is 9.13 Å². The highest BCUT2D eigenvalue weighted by Gasteiger charge is 2.30. The largest absolute Gasteiger partial charge is 0.472 e. The fourth-order valence-corrected chi connectivity index (χ4v) is 11.5. The third-order valence-corrected chi connectivity index (χ3v) is 17.2. The molecule has 0 bridgehead atoms. The zero-order valence-corrected chi connectivity index (χ0v) is 57.7. The van der Waals surface area contributed by atoms with Gasteiger partial charge in [-0.2, -0.15) is 0 Å². The van der Waals surface area contributed by atoms with E-state index in [2.05, 4.69) is 55.4 Å². The molecule has 17 nitrogen and oxygen atoms in total. The summed E-state index contributed by atoms with van der Waals surface area (Å²) in [5.74, 6) is 0.761. The fourth-order valence-electron chi connectivity index (χ4n) is 9.96. The van der Waals surface area contributed by atoms with Crippen LogP contribution < -0.4 is 0 Å². The number of unbranched alkanes of at least 4 members (excludes halogenated alkanes) is 30. The second kappa shape index (κ2) is 57.0. The Balaban J connectivity index is 5.24. The number of carbonyl (C=O) groups is 4. The summed E-state index contributed by atoms with van der Waals surface area (Å²) in [6.45, 7) is 14.0. The molecule has 0 aromatic rings. The van der Waals surface area contributed by atoms with Crippen molar-refractivity contribution in [1.82, 2.24) is 0 Å². The predicted octanol–water partition coefficient (Wildman–Crippen LogP) is 18.5. The van der Waals surface area contributed by atoms with E-state index in [9.17, 15) is 43.2 Å². The summed E-state index contributed by atoms with van der Waals surface area (Å²) < 4.78 is 68.1. The first kappa shape index (κ1) is 84.1. The van der Waals surface area contributed by atoms with E-state index in [0.717, 1.165) is 115 Å². The summed E-state index contributed by atoms with van der Waals surface area (Å²) >= 11 is 0. The number of hydrogen-bond acceptors (Lipinski definition) is 15. The lowest BCUT2D eigenvalue weighted by atomic mass is 10.0. The maximum Gasteiger partial charge on any atom is 0.472 e. The Morgan fingerprint density at radius 1 is 0.291 bits per heavy atom. The molecule has 3 N–H and O–H groups in total. The number of carbonyl (C=O) groups excluding carboxylic acids is 4. The Morgan fingerprint density at radius 3 is 0.721 bits per heavy atom. The van der Waals surface area contributed by atoms with Crippen LogP contribution in [0.1, 0.15) is 325 Å². The van der Waals surface area contributed by atoms with Gasteiger partial charge < -0.3 is 33.8 Å². The van der Waals surface area contributed by atoms with Gasteiger partial charge in [-0.3, -0.25) is 37.3 Å². The van der Waals surface area contributed by atoms with E-state index < -0.39 is 97.5 Å². The molecule has 5 atom stereocenters. The fraction of sp³-hybridized carbons (Fsp3) is 0.940. The number of phosphoric ester groups is 2. The van der Waals surface area contributed by atoms with Crippen molar-refractivity contribution in [2.45, 2.75) is 343 Å². The first-order chi connectivity index (χ1) is 41.1. The molecule has 0 fully saturated rings. The number of esters is 4. The molecule has 0 heterocycles. The predicted molar refractivity (Wildman–Crippen MR) is 344 cm³/mol. The second-order valence-electron chi connectivity index (χ2n) is 26.1. The highest BCUT2D eigenvalue weighted by Crippen LogP contribution is 2.45. The SMILES string of the molecule is CC(C)CCCCCCCCCCCCCCC(=O)O[C@H](COC(=O)CCCCCCCCCC(C)C)COP(=O)(O)OCC(O)COP(=O)(O)OC[C@@H](COC(=O)CCCCCCCCC(C)C)OC(=O)CCCCCCCCCCCC(C)C. The average Bonchev–Trinajstić information content (AvgIpc) is 3.64. The molecule has 19 heteroatoms. The van der Waals surface area contributed by atoms with Gasteiger partial charge in [-0.05, 0) is 49.4 Å². The van der Waals surface area contributed by atoms with Crippen LogP contribution in [0.5, 0.6) is 0 Å². The molecule has 510 valence electrons. The first-order valence-electron chi connectivity index (χ1n) is 34.7. The van der Waals surface area contributed by atoms with Crippen LogP contribution in [0.4, 0.5) is 0 Å². The van der Waals surface area contributed by atoms with Crippen molar-refractivity contribution in [3.8, 4) is 0 Å². The number of rotatable bonds is 64. The summed E-state index contributed by atoms with van der Waals surface area (Å²) in [5.41, 5.74) is 0. The van der Waals surface area contributed by atoms with Crippen LogP contribution >= 0.6 is 15.6 Å². The van der Waals surface area contributed by atoms with E-state index in [-0.39, 0.29) is 25.7 Å². The molecule has 3 unspecified atom stereocenters. The smallest absolute Gasteiger partial charge is 0.462 e. The van der Waals surface area contributed by atoms with Crippen LogP contribution in [0.15, 0.2) is 0 Å². The topological polar surface area (TPSA) is 237 Å². The van der Waals surface area contributed by atoms with Gasteiger partial charge in [0, 0.05) is 25.7 Å². The molecule has 0 aliphatic carbocycles. The van der Waals surface area contributed by atoms with Crippen LogP contribution in [0.2, 0.25) is 0 Å². The second-order valence-corrected chi connectivity index (χ2v) is 29.0. The molecule has 0 amide bonds. The van der Waals surface area contributed by atoms with Gasteiger partial charge in [-0.1, -0.05) is 274 Å². The number of aliphatic hydroxyl groups excluding tert-OH is 1. The van der Waals surface area contributed by atoms with Crippen LogP contribution in [-0.2, 0) is 65.4 Å². The molecule has 0 saturated heterocycles. The van der Waals surface area contributed by atoms with Gasteiger partial charge in [0.05, 0.1) is 26.4 Å². The molecular formula is C67H130O17P2. The molecular weight excluding hydrogens is 1140 g/mol. The van der Waals surface area contributed by atoms with E-state index in [4.69, 9.17) is 37.0 Å². The molecule has 86 heavy (non-hydrogen) atoms. The number of aliphatic hydroxyl groups is 1. The Morgan fingerprint density at radius 2 is 0.488 bits per heavy atom. The van der Waals surface area contributed by atoms with E-state index in [1.54, 1.807) is 0 Å². The van der Waals surface area contributed by atoms with Crippen molar-refractivity contribution in [2.24, 2.45) is 23.7 Å². The Kier molecular flexibility index (Phi) is 55.7. The Hall–Kier alpha value is -1.94. The van der Waals surface area contributed by atoms with Crippen molar-refractivity contribution < 1.29 is 80.2 Å². The van der Waals surface area contributed by atoms with Gasteiger partial charge in [0.2, 0.25) is 0 Å². The van der Waals surface area contributed by atoms with Gasteiger partial charge in [0.15, 0.2) is 12.2 Å². The van der Waals surface area contributed by atoms with E-state index in [1.165, 1.54) is 116 Å². The van der Waals surface area contributed by atoms with Gasteiger partial charge in [-0.15, -0.1) is 0 Å². The molecule has 0 aromatic carbocycles. The number of phosphoric acid groups is 2. The summed E-state index contributed by atoms with van der Waals surface area (Å²) in [7, 11) is -9.90. The Labute approximate surface area is 524 Å². The van der Waals surface area contributed by atoms with Crippen LogP contribution in [-0.4, -0.2) is 96.7 Å². The molecule has 0 saturated carbocycles. The summed E-state index contributed by atoms with van der Waals surface area (Å²) in [6.07, 6.45) is 37.8. The minimum Gasteiger partial charge on any atom is -0.462 e. The zero-order chi connectivity index (χ0) is 63.9. The lowest BCUT2D eigenvalue weighted by molar-refractivity contribution is -0.161. The third kappa shape index (κ3) is 60.9. The number of hydrogen-bond donors (Lipinski definition) is 3. The van der Waals surface area contributed by atoms with Crippen molar-refractivity contribution in [2.75, 3.05) is 39.6 Å². The maximum absolute atomic E-state index is 13.0. The van der Waals surface area contributed by atoms with Crippen LogP contribution in [0, 0.1) is 23.7 Å². The van der Waals surface area contributed by atoms with E-state index in [0.29, 0.717) is 37.5 Å². The third-order valence-electron chi connectivity index (χ3n) is 15.3. The Bertz CT molecular complexity index is 1710.